The summed E-state index contributed by atoms with van der Waals surface area (Å²) in [6, 6.07) is 7.18. The van der Waals surface area contributed by atoms with Crippen molar-refractivity contribution in [2.75, 3.05) is 38.3 Å². The average Bonchev–Trinajstić information content (AvgIpc) is 2.83. The Balaban J connectivity index is 2.06. The Bertz CT molecular complexity index is 1190. The van der Waals surface area contributed by atoms with E-state index in [1.54, 1.807) is 32.9 Å². The standard InChI is InChI=1S/C23H29N3O7S/c1-5-24(6-2)34(30,31)17-10-11-19-16(13-17)9-8-12-25(19)23(27)18-14-22(33-7-3)21(32-4)15-20(18)26(28)29/h10-11,13-15H,5-9,12H2,1-4H3. The van der Waals surface area contributed by atoms with Crippen LogP contribution in [0.3, 0.4) is 0 Å². The van der Waals surface area contributed by atoms with Crippen molar-refractivity contribution < 1.29 is 27.6 Å². The zero-order valence-electron chi connectivity index (χ0n) is 19.7. The van der Waals surface area contributed by atoms with Crippen molar-refractivity contribution >= 4 is 27.3 Å². The van der Waals surface area contributed by atoms with E-state index in [1.165, 1.54) is 34.5 Å². The number of hydrogen-bond donors (Lipinski definition) is 0. The Morgan fingerprint density at radius 3 is 2.44 bits per heavy atom. The molecule has 0 saturated carbocycles. The Morgan fingerprint density at radius 1 is 1.15 bits per heavy atom. The van der Waals surface area contributed by atoms with E-state index in [0.717, 1.165) is 0 Å². The molecule has 2 aromatic rings. The second kappa shape index (κ2) is 10.4. The summed E-state index contributed by atoms with van der Waals surface area (Å²) in [4.78, 5) is 26.3. The lowest BCUT2D eigenvalue weighted by Gasteiger charge is -2.30. The van der Waals surface area contributed by atoms with Crippen LogP contribution in [0, 0.1) is 10.1 Å². The van der Waals surface area contributed by atoms with Crippen LogP contribution in [0.25, 0.3) is 0 Å². The molecule has 0 fully saturated rings. The Labute approximate surface area is 199 Å². The molecule has 11 heteroatoms. The zero-order valence-corrected chi connectivity index (χ0v) is 20.6. The lowest BCUT2D eigenvalue weighted by atomic mass is 10.00. The van der Waals surface area contributed by atoms with E-state index in [-0.39, 0.29) is 28.6 Å². The van der Waals surface area contributed by atoms with Gasteiger partial charge >= 0.3 is 0 Å². The molecule has 184 valence electrons. The molecular formula is C23H29N3O7S. The first-order valence-electron chi connectivity index (χ1n) is 11.1. The minimum atomic E-state index is -3.65. The van der Waals surface area contributed by atoms with Gasteiger partial charge in [-0.15, -0.1) is 0 Å². The molecule has 0 aliphatic carbocycles. The van der Waals surface area contributed by atoms with Gasteiger partial charge in [-0.1, -0.05) is 13.8 Å². The summed E-state index contributed by atoms with van der Waals surface area (Å²) in [5.74, 6) is -0.164. The molecule has 3 rings (SSSR count). The maximum Gasteiger partial charge on any atom is 0.286 e. The monoisotopic (exact) mass is 491 g/mol. The predicted octanol–water partition coefficient (Wildman–Crippen LogP) is 3.63. The summed E-state index contributed by atoms with van der Waals surface area (Å²) in [5.41, 5.74) is 0.729. The van der Waals surface area contributed by atoms with Gasteiger partial charge in [-0.05, 0) is 43.5 Å². The number of benzene rings is 2. The number of anilines is 1. The number of ether oxygens (including phenoxy) is 2. The third-order valence-corrected chi connectivity index (χ3v) is 7.81. The molecule has 0 atom stereocenters. The van der Waals surface area contributed by atoms with Gasteiger partial charge in [0.05, 0.1) is 29.6 Å². The number of carbonyl (C=O) groups is 1. The van der Waals surface area contributed by atoms with Crippen LogP contribution in [0.2, 0.25) is 0 Å². The molecule has 0 aromatic heterocycles. The number of amides is 1. The molecule has 0 saturated heterocycles. The van der Waals surface area contributed by atoms with E-state index in [9.17, 15) is 23.3 Å². The molecule has 0 N–H and O–H groups in total. The third-order valence-electron chi connectivity index (χ3n) is 5.77. The van der Waals surface area contributed by atoms with Crippen LogP contribution in [-0.4, -0.2) is 56.9 Å². The molecule has 1 amide bonds. The Morgan fingerprint density at radius 2 is 1.85 bits per heavy atom. The van der Waals surface area contributed by atoms with Gasteiger partial charge < -0.3 is 14.4 Å². The summed E-state index contributed by atoms with van der Waals surface area (Å²) in [5, 5.41) is 11.7. The summed E-state index contributed by atoms with van der Waals surface area (Å²) in [6.45, 7) is 6.65. The van der Waals surface area contributed by atoms with Crippen molar-refractivity contribution in [1.82, 2.24) is 4.31 Å². The highest BCUT2D eigenvalue weighted by molar-refractivity contribution is 7.89. The topological polar surface area (TPSA) is 119 Å². The molecule has 34 heavy (non-hydrogen) atoms. The number of sulfonamides is 1. The Hall–Kier alpha value is -3.18. The molecule has 0 radical (unpaired) electrons. The number of aryl methyl sites for hydroxylation is 1. The van der Waals surface area contributed by atoms with Gasteiger partial charge in [0.25, 0.3) is 11.6 Å². The molecule has 0 spiro atoms. The summed E-state index contributed by atoms with van der Waals surface area (Å²) < 4.78 is 38.0. The van der Waals surface area contributed by atoms with Crippen LogP contribution in [0.1, 0.15) is 43.1 Å². The zero-order chi connectivity index (χ0) is 25.0. The summed E-state index contributed by atoms with van der Waals surface area (Å²) in [7, 11) is -2.28. The van der Waals surface area contributed by atoms with E-state index in [0.29, 0.717) is 43.7 Å². The van der Waals surface area contributed by atoms with Crippen molar-refractivity contribution in [3.8, 4) is 11.5 Å². The van der Waals surface area contributed by atoms with E-state index >= 15 is 0 Å². The van der Waals surface area contributed by atoms with Crippen molar-refractivity contribution in [1.29, 1.82) is 0 Å². The first-order chi connectivity index (χ1) is 16.2. The van der Waals surface area contributed by atoms with Gasteiger partial charge in [-0.25, -0.2) is 8.42 Å². The number of nitro groups is 1. The molecule has 1 aliphatic heterocycles. The lowest BCUT2D eigenvalue weighted by Crippen LogP contribution is -2.36. The number of methoxy groups -OCH3 is 1. The van der Waals surface area contributed by atoms with Crippen LogP contribution in [0.4, 0.5) is 11.4 Å². The highest BCUT2D eigenvalue weighted by Gasteiger charge is 2.32. The van der Waals surface area contributed by atoms with Gasteiger partial charge in [-0.2, -0.15) is 4.31 Å². The summed E-state index contributed by atoms with van der Waals surface area (Å²) >= 11 is 0. The van der Waals surface area contributed by atoms with Gasteiger partial charge in [0, 0.05) is 31.4 Å². The number of nitrogens with zero attached hydrogens (tertiary/aromatic N) is 3. The van der Waals surface area contributed by atoms with Gasteiger partial charge in [-0.3, -0.25) is 14.9 Å². The summed E-state index contributed by atoms with van der Waals surface area (Å²) in [6.07, 6.45) is 1.19. The van der Waals surface area contributed by atoms with Crippen LogP contribution < -0.4 is 14.4 Å². The number of fused-ring (bicyclic) bond motifs is 1. The van der Waals surface area contributed by atoms with Gasteiger partial charge in [0.15, 0.2) is 11.5 Å². The molecule has 10 nitrogen and oxygen atoms in total. The second-order valence-electron chi connectivity index (χ2n) is 7.65. The van der Waals surface area contributed by atoms with Gasteiger partial charge in [0.2, 0.25) is 10.0 Å². The smallest absolute Gasteiger partial charge is 0.286 e. The maximum atomic E-state index is 13.5. The van der Waals surface area contributed by atoms with Crippen LogP contribution >= 0.6 is 0 Å². The predicted molar refractivity (Wildman–Crippen MR) is 127 cm³/mol. The van der Waals surface area contributed by atoms with Crippen molar-refractivity contribution in [2.24, 2.45) is 0 Å². The van der Waals surface area contributed by atoms with Crippen molar-refractivity contribution in [3.05, 3.63) is 51.6 Å². The minimum Gasteiger partial charge on any atom is -0.493 e. The highest BCUT2D eigenvalue weighted by Crippen LogP contribution is 2.37. The first kappa shape index (κ1) is 25.4. The molecule has 1 aliphatic rings. The number of rotatable bonds is 9. The normalized spacial score (nSPS) is 13.5. The fourth-order valence-corrected chi connectivity index (χ4v) is 5.61. The van der Waals surface area contributed by atoms with Crippen molar-refractivity contribution in [3.63, 3.8) is 0 Å². The number of carbonyl (C=O) groups excluding carboxylic acids is 1. The highest BCUT2D eigenvalue weighted by atomic mass is 32.2. The average molecular weight is 492 g/mol. The second-order valence-corrected chi connectivity index (χ2v) is 9.59. The SMILES string of the molecule is CCOc1cc(C(=O)N2CCCc3cc(S(=O)(=O)N(CC)CC)ccc32)c([N+](=O)[O-])cc1OC. The molecule has 1 heterocycles. The Kier molecular flexibility index (Phi) is 7.78. The van der Waals surface area contributed by atoms with E-state index in [2.05, 4.69) is 0 Å². The first-order valence-corrected chi connectivity index (χ1v) is 12.6. The van der Waals surface area contributed by atoms with E-state index in [1.807, 2.05) is 0 Å². The third kappa shape index (κ3) is 4.71. The lowest BCUT2D eigenvalue weighted by molar-refractivity contribution is -0.385. The van der Waals surface area contributed by atoms with Gasteiger partial charge in [0.1, 0.15) is 5.56 Å². The maximum absolute atomic E-state index is 13.5. The van der Waals surface area contributed by atoms with Crippen LogP contribution in [0.15, 0.2) is 35.2 Å². The molecular weight excluding hydrogens is 462 g/mol. The molecule has 2 aromatic carbocycles. The molecule has 0 unspecified atom stereocenters. The molecule has 0 bridgehead atoms. The largest absolute Gasteiger partial charge is 0.493 e. The minimum absolute atomic E-state index is 0.123. The fourth-order valence-electron chi connectivity index (χ4n) is 4.10. The van der Waals surface area contributed by atoms with E-state index < -0.39 is 26.5 Å². The number of hydrogen-bond acceptors (Lipinski definition) is 7. The quantitative estimate of drug-likeness (QED) is 0.388. The number of nitro benzene ring substituents is 1. The fraction of sp³-hybridized carbons (Fsp3) is 0.435. The van der Waals surface area contributed by atoms with E-state index in [4.69, 9.17) is 9.47 Å². The van der Waals surface area contributed by atoms with Crippen LogP contribution in [-0.2, 0) is 16.4 Å². The van der Waals surface area contributed by atoms with Crippen LogP contribution in [0.5, 0.6) is 11.5 Å². The van der Waals surface area contributed by atoms with Crippen molar-refractivity contribution in [2.45, 2.75) is 38.5 Å².